The van der Waals surface area contributed by atoms with E-state index < -0.39 is 22.6 Å². The number of fused-ring (bicyclic) bond motifs is 1. The van der Waals surface area contributed by atoms with Crippen molar-refractivity contribution in [3.05, 3.63) is 91.6 Å². The van der Waals surface area contributed by atoms with E-state index in [-0.39, 0.29) is 28.5 Å². The van der Waals surface area contributed by atoms with Crippen molar-refractivity contribution in [3.63, 3.8) is 0 Å². The monoisotopic (exact) mass is 448 g/mol. The molecule has 0 spiro atoms. The highest BCUT2D eigenvalue weighted by Gasteiger charge is 2.31. The summed E-state index contributed by atoms with van der Waals surface area (Å²) in [6, 6.07) is 14.1. The summed E-state index contributed by atoms with van der Waals surface area (Å²) in [6.45, 7) is 0. The van der Waals surface area contributed by atoms with E-state index in [4.69, 9.17) is 4.74 Å². The molecule has 0 atom stereocenters. The zero-order valence-electron chi connectivity index (χ0n) is 18.0. The molecule has 0 radical (unpaired) electrons. The molecule has 1 fully saturated rings. The predicted octanol–water partition coefficient (Wildman–Crippen LogP) is 3.08. The molecule has 0 unspecified atom stereocenters. The van der Waals surface area contributed by atoms with Crippen molar-refractivity contribution in [3.8, 4) is 11.4 Å². The number of hydrogen-bond donors (Lipinski definition) is 1. The fourth-order valence-corrected chi connectivity index (χ4v) is 4.00. The molecule has 2 aromatic carbocycles. The third-order valence-corrected chi connectivity index (χ3v) is 5.82. The summed E-state index contributed by atoms with van der Waals surface area (Å²) >= 11 is 0. The van der Waals surface area contributed by atoms with Crippen LogP contribution in [-0.4, -0.2) is 20.8 Å². The van der Waals surface area contributed by atoms with E-state index in [9.17, 15) is 18.8 Å². The van der Waals surface area contributed by atoms with Crippen molar-refractivity contribution >= 4 is 22.4 Å². The van der Waals surface area contributed by atoms with Gasteiger partial charge in [0.2, 0.25) is 0 Å². The molecule has 5 rings (SSSR count). The van der Waals surface area contributed by atoms with Gasteiger partial charge < -0.3 is 10.1 Å². The molecular weight excluding hydrogens is 427 g/mol. The van der Waals surface area contributed by atoms with Gasteiger partial charge >= 0.3 is 5.69 Å². The van der Waals surface area contributed by atoms with Gasteiger partial charge in [-0.25, -0.2) is 13.8 Å². The minimum atomic E-state index is -0.609. The Hall–Kier alpha value is -4.14. The second-order valence-corrected chi connectivity index (χ2v) is 7.98. The lowest BCUT2D eigenvalue weighted by Crippen LogP contribution is -2.41. The fraction of sp³-hybridized carbons (Fsp3) is 0.208. The maximum absolute atomic E-state index is 14.7. The number of para-hydroxylation sites is 1. The molecule has 0 amide bonds. The topological polar surface area (TPSA) is 87.3 Å². The number of anilines is 2. The van der Waals surface area contributed by atoms with E-state index in [1.165, 1.54) is 46.1 Å². The fourth-order valence-electron chi connectivity index (χ4n) is 4.00. The van der Waals surface area contributed by atoms with Crippen LogP contribution in [-0.2, 0) is 7.05 Å². The molecule has 0 saturated heterocycles. The molecule has 2 heterocycles. The highest BCUT2D eigenvalue weighted by Crippen LogP contribution is 2.33. The number of rotatable bonds is 5. The molecule has 9 heteroatoms. The number of halogens is 1. The van der Waals surface area contributed by atoms with Crippen molar-refractivity contribution in [1.29, 1.82) is 0 Å². The molecule has 1 aliphatic rings. The number of aromatic nitrogens is 3. The third kappa shape index (κ3) is 3.42. The Balaban J connectivity index is 1.87. The van der Waals surface area contributed by atoms with Gasteiger partial charge in [-0.1, -0.05) is 18.2 Å². The maximum Gasteiger partial charge on any atom is 0.337 e. The maximum atomic E-state index is 14.7. The average Bonchev–Trinajstić information content (AvgIpc) is 3.64. The van der Waals surface area contributed by atoms with Crippen molar-refractivity contribution in [1.82, 2.24) is 13.7 Å². The number of nitrogens with zero attached hydrogens (tertiary/aromatic N) is 3. The minimum Gasteiger partial charge on any atom is -0.497 e. The van der Waals surface area contributed by atoms with Gasteiger partial charge in [0, 0.05) is 25.2 Å². The van der Waals surface area contributed by atoms with Gasteiger partial charge in [-0.2, -0.15) is 0 Å². The van der Waals surface area contributed by atoms with Crippen LogP contribution < -0.4 is 26.9 Å². The van der Waals surface area contributed by atoms with Crippen LogP contribution in [0.15, 0.2) is 69.0 Å². The van der Waals surface area contributed by atoms with E-state index >= 15 is 0 Å². The van der Waals surface area contributed by atoms with E-state index in [0.29, 0.717) is 11.4 Å². The lowest BCUT2D eigenvalue weighted by molar-refractivity contribution is 0.411. The number of hydrogen-bond acceptors (Lipinski definition) is 5. The number of ether oxygens (including phenoxy) is 1. The smallest absolute Gasteiger partial charge is 0.337 e. The molecule has 1 saturated carbocycles. The quantitative estimate of drug-likeness (QED) is 0.507. The van der Waals surface area contributed by atoms with Gasteiger partial charge in [-0.15, -0.1) is 0 Å². The third-order valence-electron chi connectivity index (χ3n) is 5.82. The molecule has 0 aliphatic heterocycles. The highest BCUT2D eigenvalue weighted by molar-refractivity contribution is 5.91. The van der Waals surface area contributed by atoms with E-state index in [2.05, 4.69) is 5.32 Å². The Morgan fingerprint density at radius 2 is 1.73 bits per heavy atom. The molecule has 0 bridgehead atoms. The van der Waals surface area contributed by atoms with E-state index in [0.717, 1.165) is 12.8 Å². The van der Waals surface area contributed by atoms with Crippen LogP contribution in [0.25, 0.3) is 16.7 Å². The lowest BCUT2D eigenvalue weighted by atomic mass is 10.2. The normalized spacial score (nSPS) is 13.3. The first-order valence-electron chi connectivity index (χ1n) is 10.5. The van der Waals surface area contributed by atoms with E-state index in [1.807, 2.05) is 6.07 Å². The zero-order chi connectivity index (χ0) is 23.3. The Morgan fingerprint density at radius 3 is 2.36 bits per heavy atom. The molecular formula is C24H21FN4O4. The Labute approximate surface area is 187 Å². The summed E-state index contributed by atoms with van der Waals surface area (Å²) in [6.07, 6.45) is 1.44. The summed E-state index contributed by atoms with van der Waals surface area (Å²) in [5.41, 5.74) is -0.629. The van der Waals surface area contributed by atoms with Gasteiger partial charge in [0.15, 0.2) is 0 Å². The standard InChI is InChI=1S/C24H21FN4O4/c1-27-20(30)13-19(26-18-11-10-16(33-2)12-17(18)25)21-22(27)28(14-6-4-3-5-7-14)24(32)29(23(21)31)15-8-9-15/h3-7,10-13,15,26H,8-9H2,1-2H3. The second kappa shape index (κ2) is 7.77. The Morgan fingerprint density at radius 1 is 1.00 bits per heavy atom. The van der Waals surface area contributed by atoms with Gasteiger partial charge in [-0.05, 0) is 37.1 Å². The lowest BCUT2D eigenvalue weighted by Gasteiger charge is -2.19. The first kappa shape index (κ1) is 20.7. The summed E-state index contributed by atoms with van der Waals surface area (Å²) in [7, 11) is 2.93. The van der Waals surface area contributed by atoms with Crippen LogP contribution in [0.5, 0.6) is 5.75 Å². The Bertz CT molecular complexity index is 1570. The van der Waals surface area contributed by atoms with Crippen molar-refractivity contribution in [2.75, 3.05) is 12.4 Å². The Kier molecular flexibility index (Phi) is 4.88. The first-order valence-corrected chi connectivity index (χ1v) is 10.5. The predicted molar refractivity (Wildman–Crippen MR) is 124 cm³/mol. The SMILES string of the molecule is COc1ccc(Nc2cc(=O)n(C)c3c2c(=O)n(C2CC2)c(=O)n3-c2ccccc2)c(F)c1. The molecule has 1 N–H and O–H groups in total. The van der Waals surface area contributed by atoms with Gasteiger partial charge in [-0.3, -0.25) is 18.7 Å². The van der Waals surface area contributed by atoms with Crippen LogP contribution in [0, 0.1) is 5.82 Å². The summed E-state index contributed by atoms with van der Waals surface area (Å²) in [5.74, 6) is -0.275. The minimum absolute atomic E-state index is 0.0696. The van der Waals surface area contributed by atoms with Crippen molar-refractivity contribution in [2.24, 2.45) is 7.05 Å². The largest absolute Gasteiger partial charge is 0.497 e. The van der Waals surface area contributed by atoms with Gasteiger partial charge in [0.1, 0.15) is 22.6 Å². The number of benzene rings is 2. The average molecular weight is 448 g/mol. The van der Waals surface area contributed by atoms with Crippen LogP contribution >= 0.6 is 0 Å². The first-order chi connectivity index (χ1) is 15.9. The summed E-state index contributed by atoms with van der Waals surface area (Å²) < 4.78 is 23.6. The molecule has 33 heavy (non-hydrogen) atoms. The number of pyridine rings is 1. The van der Waals surface area contributed by atoms with Crippen LogP contribution in [0.4, 0.5) is 15.8 Å². The molecule has 8 nitrogen and oxygen atoms in total. The molecule has 1 aliphatic carbocycles. The van der Waals surface area contributed by atoms with Gasteiger partial charge in [0.05, 0.1) is 24.2 Å². The summed E-state index contributed by atoms with van der Waals surface area (Å²) in [4.78, 5) is 39.9. The number of nitrogens with one attached hydrogen (secondary N) is 1. The second-order valence-electron chi connectivity index (χ2n) is 7.98. The molecule has 4 aromatic rings. The van der Waals surface area contributed by atoms with Crippen LogP contribution in [0.1, 0.15) is 18.9 Å². The zero-order valence-corrected chi connectivity index (χ0v) is 18.0. The molecule has 2 aromatic heterocycles. The van der Waals surface area contributed by atoms with E-state index in [1.54, 1.807) is 30.3 Å². The highest BCUT2D eigenvalue weighted by atomic mass is 19.1. The van der Waals surface area contributed by atoms with Crippen LogP contribution in [0.2, 0.25) is 0 Å². The number of aryl methyl sites for hydroxylation is 1. The van der Waals surface area contributed by atoms with Gasteiger partial charge in [0.25, 0.3) is 11.1 Å². The summed E-state index contributed by atoms with van der Waals surface area (Å²) in [5, 5.41) is 3.01. The van der Waals surface area contributed by atoms with Crippen LogP contribution in [0.3, 0.4) is 0 Å². The molecule has 168 valence electrons. The van der Waals surface area contributed by atoms with Crippen molar-refractivity contribution in [2.45, 2.75) is 18.9 Å². The number of methoxy groups -OCH3 is 1. The van der Waals surface area contributed by atoms with Crippen molar-refractivity contribution < 1.29 is 9.13 Å².